The molecule has 4 N–H and O–H groups in total. The normalized spacial score (nSPS) is 10.3. The second kappa shape index (κ2) is 4.37. The van der Waals surface area contributed by atoms with Crippen molar-refractivity contribution in [2.75, 3.05) is 5.73 Å². The lowest BCUT2D eigenvalue weighted by Crippen LogP contribution is -1.98. The third-order valence-electron chi connectivity index (χ3n) is 2.58. The van der Waals surface area contributed by atoms with Crippen LogP contribution in [0.2, 0.25) is 0 Å². The van der Waals surface area contributed by atoms with E-state index >= 15 is 0 Å². The topological polar surface area (TPSA) is 96.4 Å². The maximum atomic E-state index is 10.9. The minimum absolute atomic E-state index is 0.0620. The Morgan fingerprint density at radius 3 is 2.67 bits per heavy atom. The molecule has 0 saturated heterocycles. The summed E-state index contributed by atoms with van der Waals surface area (Å²) in [4.78, 5) is 14.7. The molecule has 1 aromatic heterocycles. The van der Waals surface area contributed by atoms with Crippen LogP contribution in [0.3, 0.4) is 0 Å². The van der Waals surface area contributed by atoms with Gasteiger partial charge in [-0.3, -0.25) is 4.98 Å². The van der Waals surface area contributed by atoms with Crippen LogP contribution in [0.15, 0.2) is 30.6 Å². The summed E-state index contributed by atoms with van der Waals surface area (Å²) in [6, 6.07) is 4.82. The lowest BCUT2D eigenvalue weighted by Gasteiger charge is -2.09. The molecule has 5 nitrogen and oxygen atoms in total. The fourth-order valence-corrected chi connectivity index (χ4v) is 1.73. The fourth-order valence-electron chi connectivity index (χ4n) is 1.73. The van der Waals surface area contributed by atoms with Gasteiger partial charge in [0.15, 0.2) is 0 Å². The van der Waals surface area contributed by atoms with E-state index in [0.717, 1.165) is 5.56 Å². The summed E-state index contributed by atoms with van der Waals surface area (Å²) < 4.78 is 0. The number of aromatic nitrogens is 1. The standard InChI is InChI=1S/C13H12N2O3/c1-7-2-10(12(16)11(14)3-7)8-4-9(13(17)18)6-15-5-8/h2-6,16H,14H2,1H3,(H,17,18). The van der Waals surface area contributed by atoms with E-state index in [-0.39, 0.29) is 17.0 Å². The number of nitrogen functional groups attached to an aromatic ring is 1. The molecule has 0 bridgehead atoms. The zero-order valence-corrected chi connectivity index (χ0v) is 9.71. The molecule has 2 rings (SSSR count). The summed E-state index contributed by atoms with van der Waals surface area (Å²) >= 11 is 0. The number of nitrogens with two attached hydrogens (primary N) is 1. The molecule has 5 heteroatoms. The van der Waals surface area contributed by atoms with Crippen LogP contribution in [0.4, 0.5) is 5.69 Å². The Kier molecular flexibility index (Phi) is 2.89. The van der Waals surface area contributed by atoms with Gasteiger partial charge in [-0.05, 0) is 30.7 Å². The van der Waals surface area contributed by atoms with Crippen LogP contribution in [-0.4, -0.2) is 21.2 Å². The summed E-state index contributed by atoms with van der Waals surface area (Å²) in [6.45, 7) is 1.84. The number of carbonyl (C=O) groups is 1. The Bertz CT molecular complexity index is 624. The molecule has 0 fully saturated rings. The number of carboxylic acids is 1. The Balaban J connectivity index is 2.62. The molecule has 0 atom stereocenters. The Morgan fingerprint density at radius 1 is 1.28 bits per heavy atom. The molecule has 0 unspecified atom stereocenters. The number of aromatic carboxylic acids is 1. The van der Waals surface area contributed by atoms with Gasteiger partial charge in [0.05, 0.1) is 11.3 Å². The average Bonchev–Trinajstić information content (AvgIpc) is 2.34. The summed E-state index contributed by atoms with van der Waals surface area (Å²) in [6.07, 6.45) is 2.74. The van der Waals surface area contributed by atoms with Crippen molar-refractivity contribution in [1.82, 2.24) is 4.98 Å². The molecular weight excluding hydrogens is 232 g/mol. The maximum Gasteiger partial charge on any atom is 0.337 e. The van der Waals surface area contributed by atoms with Crippen molar-refractivity contribution >= 4 is 11.7 Å². The van der Waals surface area contributed by atoms with Crippen molar-refractivity contribution in [1.29, 1.82) is 0 Å². The van der Waals surface area contributed by atoms with Crippen LogP contribution in [0.1, 0.15) is 15.9 Å². The molecule has 0 aliphatic heterocycles. The predicted molar refractivity (Wildman–Crippen MR) is 67.4 cm³/mol. The van der Waals surface area contributed by atoms with E-state index in [1.807, 2.05) is 6.92 Å². The number of carboxylic acid groups (broad SMARTS) is 1. The molecule has 0 aliphatic rings. The number of hydrogen-bond donors (Lipinski definition) is 3. The van der Waals surface area contributed by atoms with Crippen LogP contribution >= 0.6 is 0 Å². The van der Waals surface area contributed by atoms with Gasteiger partial charge in [0.2, 0.25) is 0 Å². The predicted octanol–water partition coefficient (Wildman–Crippen LogP) is 2.04. The monoisotopic (exact) mass is 244 g/mol. The van der Waals surface area contributed by atoms with Gasteiger partial charge >= 0.3 is 5.97 Å². The molecule has 0 saturated carbocycles. The first kappa shape index (κ1) is 11.9. The highest BCUT2D eigenvalue weighted by molar-refractivity contribution is 5.89. The van der Waals surface area contributed by atoms with E-state index in [1.54, 1.807) is 12.1 Å². The number of anilines is 1. The minimum atomic E-state index is -1.07. The first-order valence-corrected chi connectivity index (χ1v) is 5.27. The number of pyridine rings is 1. The fraction of sp³-hybridized carbons (Fsp3) is 0.0769. The minimum Gasteiger partial charge on any atom is -0.505 e. The molecule has 0 radical (unpaired) electrons. The van der Waals surface area contributed by atoms with Gasteiger partial charge in [-0.25, -0.2) is 4.79 Å². The van der Waals surface area contributed by atoms with Crippen molar-refractivity contribution in [3.63, 3.8) is 0 Å². The van der Waals surface area contributed by atoms with Crippen LogP contribution < -0.4 is 5.73 Å². The summed E-state index contributed by atoms with van der Waals surface area (Å²) in [7, 11) is 0. The molecule has 0 spiro atoms. The van der Waals surface area contributed by atoms with Crippen molar-refractivity contribution in [3.8, 4) is 16.9 Å². The number of aryl methyl sites for hydroxylation is 1. The van der Waals surface area contributed by atoms with Gasteiger partial charge in [0, 0.05) is 23.5 Å². The van der Waals surface area contributed by atoms with Gasteiger partial charge in [0.25, 0.3) is 0 Å². The van der Waals surface area contributed by atoms with E-state index < -0.39 is 5.97 Å². The third kappa shape index (κ3) is 2.10. The van der Waals surface area contributed by atoms with Gasteiger partial charge < -0.3 is 15.9 Å². The van der Waals surface area contributed by atoms with Crippen molar-refractivity contribution in [3.05, 3.63) is 41.7 Å². The third-order valence-corrected chi connectivity index (χ3v) is 2.58. The number of hydrogen-bond acceptors (Lipinski definition) is 4. The lowest BCUT2D eigenvalue weighted by atomic mass is 10.0. The first-order valence-electron chi connectivity index (χ1n) is 5.27. The van der Waals surface area contributed by atoms with E-state index in [2.05, 4.69) is 4.98 Å². The Hall–Kier alpha value is -2.56. The second-order valence-corrected chi connectivity index (χ2v) is 4.02. The average molecular weight is 244 g/mol. The van der Waals surface area contributed by atoms with Crippen LogP contribution in [-0.2, 0) is 0 Å². The molecule has 0 amide bonds. The van der Waals surface area contributed by atoms with Crippen LogP contribution in [0.5, 0.6) is 5.75 Å². The van der Waals surface area contributed by atoms with E-state index in [4.69, 9.17) is 10.8 Å². The quantitative estimate of drug-likeness (QED) is 0.555. The molecular formula is C13H12N2O3. The van der Waals surface area contributed by atoms with E-state index in [9.17, 15) is 9.90 Å². The second-order valence-electron chi connectivity index (χ2n) is 4.02. The van der Waals surface area contributed by atoms with E-state index in [0.29, 0.717) is 11.1 Å². The Morgan fingerprint density at radius 2 is 2.00 bits per heavy atom. The number of phenolic OH excluding ortho intramolecular Hbond substituents is 1. The summed E-state index contributed by atoms with van der Waals surface area (Å²) in [5.41, 5.74) is 7.85. The molecule has 1 aromatic carbocycles. The first-order chi connectivity index (χ1) is 8.49. The molecule has 2 aromatic rings. The lowest BCUT2D eigenvalue weighted by molar-refractivity contribution is 0.0696. The summed E-state index contributed by atoms with van der Waals surface area (Å²) in [5, 5.41) is 18.8. The summed E-state index contributed by atoms with van der Waals surface area (Å²) in [5.74, 6) is -1.13. The van der Waals surface area contributed by atoms with Crippen molar-refractivity contribution in [2.45, 2.75) is 6.92 Å². The molecule has 18 heavy (non-hydrogen) atoms. The van der Waals surface area contributed by atoms with Gasteiger partial charge in [-0.1, -0.05) is 0 Å². The highest BCUT2D eigenvalue weighted by Gasteiger charge is 2.11. The van der Waals surface area contributed by atoms with Gasteiger partial charge in [-0.2, -0.15) is 0 Å². The number of benzene rings is 1. The van der Waals surface area contributed by atoms with Crippen molar-refractivity contribution in [2.24, 2.45) is 0 Å². The SMILES string of the molecule is Cc1cc(N)c(O)c(-c2cncc(C(=O)O)c2)c1. The zero-order valence-electron chi connectivity index (χ0n) is 9.71. The van der Waals surface area contributed by atoms with Gasteiger partial charge in [0.1, 0.15) is 5.75 Å². The molecule has 92 valence electrons. The van der Waals surface area contributed by atoms with Crippen molar-refractivity contribution < 1.29 is 15.0 Å². The van der Waals surface area contributed by atoms with Crippen LogP contribution in [0, 0.1) is 6.92 Å². The maximum absolute atomic E-state index is 10.9. The van der Waals surface area contributed by atoms with Gasteiger partial charge in [-0.15, -0.1) is 0 Å². The number of rotatable bonds is 2. The highest BCUT2D eigenvalue weighted by atomic mass is 16.4. The molecule has 1 heterocycles. The largest absolute Gasteiger partial charge is 0.505 e. The number of nitrogens with zero attached hydrogens (tertiary/aromatic N) is 1. The zero-order chi connectivity index (χ0) is 13.3. The smallest absolute Gasteiger partial charge is 0.337 e. The number of phenols is 1. The van der Waals surface area contributed by atoms with Crippen LogP contribution in [0.25, 0.3) is 11.1 Å². The van der Waals surface area contributed by atoms with E-state index in [1.165, 1.54) is 18.5 Å². The Labute approximate surface area is 104 Å². The molecule has 0 aliphatic carbocycles. The number of aromatic hydroxyl groups is 1. The highest BCUT2D eigenvalue weighted by Crippen LogP contribution is 2.34.